The minimum Gasteiger partial charge on any atom is -0.444 e. The molecule has 0 radical (unpaired) electrons. The number of hydrogen-bond acceptors (Lipinski definition) is 5. The number of nitrogens with one attached hydrogen (secondary N) is 3. The molecule has 3 N–H and O–H groups in total. The third-order valence-corrected chi connectivity index (χ3v) is 6.02. The largest absolute Gasteiger partial charge is 0.444 e. The van der Waals surface area contributed by atoms with E-state index in [1.165, 1.54) is 11.3 Å². The van der Waals surface area contributed by atoms with Crippen LogP contribution in [0.1, 0.15) is 50.7 Å². The standard InChI is InChI=1S/C26H31N3O4S/c1-16(2)15-20(27-25(32)33-26(3,4)5)23(30)28-29-24(31)22-14-13-21(34-22)19-12-8-10-17-9-6-7-11-18(17)19/h6-14,16,20H,15H2,1-5H3,(H,27,32)(H,28,30)(H,29,31)/t20-/m0/s1. The summed E-state index contributed by atoms with van der Waals surface area (Å²) in [6.07, 6.45) is -0.289. The van der Waals surface area contributed by atoms with E-state index in [1.54, 1.807) is 26.8 Å². The van der Waals surface area contributed by atoms with E-state index in [0.717, 1.165) is 21.2 Å². The van der Waals surface area contributed by atoms with Crippen LogP contribution in [0, 0.1) is 5.92 Å². The van der Waals surface area contributed by atoms with Gasteiger partial charge in [-0.3, -0.25) is 20.4 Å². The Bertz CT molecular complexity index is 1170. The highest BCUT2D eigenvalue weighted by Crippen LogP contribution is 2.33. The van der Waals surface area contributed by atoms with Crippen molar-refractivity contribution in [2.24, 2.45) is 5.92 Å². The molecule has 0 aliphatic carbocycles. The molecule has 3 aromatic rings. The number of thiophene rings is 1. The highest BCUT2D eigenvalue weighted by molar-refractivity contribution is 7.17. The van der Waals surface area contributed by atoms with Gasteiger partial charge in [0, 0.05) is 4.88 Å². The first-order chi connectivity index (χ1) is 16.0. The average molecular weight is 482 g/mol. The van der Waals surface area contributed by atoms with Crippen LogP contribution in [0.15, 0.2) is 54.6 Å². The van der Waals surface area contributed by atoms with Crippen molar-refractivity contribution >= 4 is 40.0 Å². The van der Waals surface area contributed by atoms with Crippen LogP contribution in [0.4, 0.5) is 4.79 Å². The molecule has 3 rings (SSSR count). The van der Waals surface area contributed by atoms with Gasteiger partial charge < -0.3 is 10.1 Å². The van der Waals surface area contributed by atoms with Crippen LogP contribution < -0.4 is 16.2 Å². The first kappa shape index (κ1) is 25.2. The molecular weight excluding hydrogens is 450 g/mol. The quantitative estimate of drug-likeness (QED) is 0.418. The summed E-state index contributed by atoms with van der Waals surface area (Å²) < 4.78 is 5.25. The van der Waals surface area contributed by atoms with Crippen molar-refractivity contribution in [1.82, 2.24) is 16.2 Å². The third-order valence-electron chi connectivity index (χ3n) is 4.90. The lowest BCUT2D eigenvalue weighted by molar-refractivity contribution is -0.124. The molecule has 180 valence electrons. The van der Waals surface area contributed by atoms with Crippen molar-refractivity contribution < 1.29 is 19.1 Å². The van der Waals surface area contributed by atoms with E-state index in [4.69, 9.17) is 4.74 Å². The van der Waals surface area contributed by atoms with Crippen LogP contribution in [0.3, 0.4) is 0 Å². The normalized spacial score (nSPS) is 12.3. The SMILES string of the molecule is CC(C)C[C@H](NC(=O)OC(C)(C)C)C(=O)NNC(=O)c1ccc(-c2cccc3ccccc23)s1. The molecule has 0 spiro atoms. The maximum absolute atomic E-state index is 12.7. The summed E-state index contributed by atoms with van der Waals surface area (Å²) in [6, 6.07) is 16.9. The van der Waals surface area contributed by atoms with Crippen LogP contribution in [0.25, 0.3) is 21.2 Å². The van der Waals surface area contributed by atoms with Gasteiger partial charge in [0.1, 0.15) is 11.6 Å². The van der Waals surface area contributed by atoms with E-state index >= 15 is 0 Å². The van der Waals surface area contributed by atoms with Crippen LogP contribution in [0.5, 0.6) is 0 Å². The molecule has 1 atom stereocenters. The predicted octanol–water partition coefficient (Wildman–Crippen LogP) is 5.27. The Labute approximate surface area is 203 Å². The lowest BCUT2D eigenvalue weighted by atomic mass is 10.0. The molecule has 2 aromatic carbocycles. The molecule has 1 aromatic heterocycles. The zero-order valence-corrected chi connectivity index (χ0v) is 20.9. The fourth-order valence-corrected chi connectivity index (χ4v) is 4.41. The fourth-order valence-electron chi connectivity index (χ4n) is 3.46. The molecular formula is C26H31N3O4S. The number of hydrazine groups is 1. The van der Waals surface area contributed by atoms with E-state index in [1.807, 2.05) is 44.2 Å². The summed E-state index contributed by atoms with van der Waals surface area (Å²) in [5.41, 5.74) is 5.25. The lowest BCUT2D eigenvalue weighted by Gasteiger charge is -2.24. The zero-order chi connectivity index (χ0) is 24.9. The number of benzene rings is 2. The Morgan fingerprint density at radius 3 is 2.35 bits per heavy atom. The average Bonchev–Trinajstić information content (AvgIpc) is 3.25. The predicted molar refractivity (Wildman–Crippen MR) is 135 cm³/mol. The number of carbonyl (C=O) groups is 3. The summed E-state index contributed by atoms with van der Waals surface area (Å²) in [6.45, 7) is 9.12. The molecule has 0 unspecified atom stereocenters. The van der Waals surface area contributed by atoms with Crippen molar-refractivity contribution in [3.05, 3.63) is 59.5 Å². The molecule has 34 heavy (non-hydrogen) atoms. The molecule has 7 nitrogen and oxygen atoms in total. The van der Waals surface area contributed by atoms with Crippen LogP contribution >= 0.6 is 11.3 Å². The van der Waals surface area contributed by atoms with Gasteiger partial charge in [0.2, 0.25) is 0 Å². The molecule has 3 amide bonds. The topological polar surface area (TPSA) is 96.5 Å². The fraction of sp³-hybridized carbons (Fsp3) is 0.346. The number of alkyl carbamates (subject to hydrolysis) is 1. The van der Waals surface area contributed by atoms with Gasteiger partial charge >= 0.3 is 6.09 Å². The third kappa shape index (κ3) is 6.81. The van der Waals surface area contributed by atoms with Gasteiger partial charge in [-0.25, -0.2) is 4.79 Å². The zero-order valence-electron chi connectivity index (χ0n) is 20.1. The van der Waals surface area contributed by atoms with Crippen LogP contribution in [-0.4, -0.2) is 29.6 Å². The Morgan fingerprint density at radius 2 is 1.65 bits per heavy atom. The Balaban J connectivity index is 1.65. The van der Waals surface area contributed by atoms with Gasteiger partial charge in [-0.1, -0.05) is 56.3 Å². The number of ether oxygens (including phenoxy) is 1. The molecule has 0 aliphatic rings. The first-order valence-electron chi connectivity index (χ1n) is 11.2. The first-order valence-corrected chi connectivity index (χ1v) is 12.0. The van der Waals surface area contributed by atoms with Gasteiger partial charge in [0.25, 0.3) is 11.8 Å². The second-order valence-corrected chi connectivity index (χ2v) is 10.5. The summed E-state index contributed by atoms with van der Waals surface area (Å²) >= 11 is 1.34. The van der Waals surface area contributed by atoms with Gasteiger partial charge in [-0.15, -0.1) is 11.3 Å². The molecule has 0 saturated carbocycles. The van der Waals surface area contributed by atoms with Crippen molar-refractivity contribution in [3.63, 3.8) is 0 Å². The molecule has 1 heterocycles. The summed E-state index contributed by atoms with van der Waals surface area (Å²) in [5.74, 6) is -0.800. The van der Waals surface area contributed by atoms with E-state index in [9.17, 15) is 14.4 Å². The van der Waals surface area contributed by atoms with Crippen molar-refractivity contribution in [1.29, 1.82) is 0 Å². The van der Waals surface area contributed by atoms with Crippen LogP contribution in [-0.2, 0) is 9.53 Å². The van der Waals surface area contributed by atoms with Crippen molar-refractivity contribution in [2.75, 3.05) is 0 Å². The van der Waals surface area contributed by atoms with E-state index in [0.29, 0.717) is 11.3 Å². The Kier molecular flexibility index (Phi) is 7.94. The number of fused-ring (bicyclic) bond motifs is 1. The number of rotatable bonds is 6. The van der Waals surface area contributed by atoms with E-state index in [2.05, 4.69) is 34.4 Å². The van der Waals surface area contributed by atoms with Crippen LogP contribution in [0.2, 0.25) is 0 Å². The van der Waals surface area contributed by atoms with E-state index < -0.39 is 29.6 Å². The Morgan fingerprint density at radius 1 is 0.941 bits per heavy atom. The number of hydrogen-bond donors (Lipinski definition) is 3. The number of carbonyl (C=O) groups excluding carboxylic acids is 3. The maximum atomic E-state index is 12.7. The molecule has 0 aliphatic heterocycles. The summed E-state index contributed by atoms with van der Waals surface area (Å²) in [7, 11) is 0. The minimum atomic E-state index is -0.843. The maximum Gasteiger partial charge on any atom is 0.408 e. The highest BCUT2D eigenvalue weighted by atomic mass is 32.1. The van der Waals surface area contributed by atoms with Crippen molar-refractivity contribution in [3.8, 4) is 10.4 Å². The van der Waals surface area contributed by atoms with E-state index in [-0.39, 0.29) is 5.92 Å². The molecule has 0 saturated heterocycles. The highest BCUT2D eigenvalue weighted by Gasteiger charge is 2.25. The number of amides is 3. The Hall–Kier alpha value is -3.39. The second kappa shape index (κ2) is 10.7. The smallest absolute Gasteiger partial charge is 0.408 e. The summed E-state index contributed by atoms with van der Waals surface area (Å²) in [4.78, 5) is 38.9. The van der Waals surface area contributed by atoms with Crippen molar-refractivity contribution in [2.45, 2.75) is 52.7 Å². The molecule has 0 bridgehead atoms. The van der Waals surface area contributed by atoms with Gasteiger partial charge in [0.05, 0.1) is 4.88 Å². The van der Waals surface area contributed by atoms with Gasteiger partial charge in [-0.05, 0) is 61.6 Å². The molecule has 0 fully saturated rings. The molecule has 8 heteroatoms. The lowest BCUT2D eigenvalue weighted by Crippen LogP contribution is -2.53. The monoisotopic (exact) mass is 481 g/mol. The summed E-state index contributed by atoms with van der Waals surface area (Å²) in [5, 5.41) is 4.82. The van der Waals surface area contributed by atoms with Gasteiger partial charge in [-0.2, -0.15) is 0 Å². The second-order valence-electron chi connectivity index (χ2n) is 9.46. The minimum absolute atomic E-state index is 0.141. The van der Waals surface area contributed by atoms with Gasteiger partial charge in [0.15, 0.2) is 0 Å².